The standard InChI is InChI=1S/C13H20F3N/c1-3-4-8-12(17-2)10-6-5-7-11(9-10)13(14,15)16/h1,10-12,17H,4-9H2,2H3. The van der Waals surface area contributed by atoms with Crippen LogP contribution in [0, 0.1) is 24.2 Å². The first kappa shape index (κ1) is 14.4. The quantitative estimate of drug-likeness (QED) is 0.751. The lowest BCUT2D eigenvalue weighted by molar-refractivity contribution is -0.186. The maximum atomic E-state index is 12.7. The minimum atomic E-state index is -4.04. The Morgan fingerprint density at radius 3 is 2.65 bits per heavy atom. The Labute approximate surface area is 101 Å². The lowest BCUT2D eigenvalue weighted by atomic mass is 9.76. The number of terminal acetylenes is 1. The summed E-state index contributed by atoms with van der Waals surface area (Å²) < 4.78 is 38.0. The number of nitrogens with one attached hydrogen (secondary N) is 1. The van der Waals surface area contributed by atoms with Gasteiger partial charge in [-0.3, -0.25) is 0 Å². The zero-order chi connectivity index (χ0) is 12.9. The van der Waals surface area contributed by atoms with Crippen molar-refractivity contribution >= 4 is 0 Å². The molecule has 98 valence electrons. The molecule has 1 saturated carbocycles. The van der Waals surface area contributed by atoms with Gasteiger partial charge in [0.25, 0.3) is 0 Å². The minimum Gasteiger partial charge on any atom is -0.317 e. The predicted octanol–water partition coefficient (Wildman–Crippen LogP) is 3.36. The molecular formula is C13H20F3N. The molecule has 0 radical (unpaired) electrons. The van der Waals surface area contributed by atoms with Crippen LogP contribution in [0.5, 0.6) is 0 Å². The van der Waals surface area contributed by atoms with Crippen LogP contribution >= 0.6 is 0 Å². The Kier molecular flexibility index (Phi) is 5.32. The number of hydrogen-bond acceptors (Lipinski definition) is 1. The fourth-order valence-corrected chi connectivity index (χ4v) is 2.74. The Morgan fingerprint density at radius 1 is 1.41 bits per heavy atom. The lowest BCUT2D eigenvalue weighted by Crippen LogP contribution is -2.39. The number of hydrogen-bond donors (Lipinski definition) is 1. The highest BCUT2D eigenvalue weighted by molar-refractivity contribution is 4.89. The summed E-state index contributed by atoms with van der Waals surface area (Å²) in [7, 11) is 1.80. The highest BCUT2D eigenvalue weighted by Crippen LogP contribution is 2.41. The fourth-order valence-electron chi connectivity index (χ4n) is 2.74. The molecule has 0 aliphatic heterocycles. The second-order valence-corrected chi connectivity index (χ2v) is 4.80. The minimum absolute atomic E-state index is 0.105. The molecular weight excluding hydrogens is 227 g/mol. The number of alkyl halides is 3. The third-order valence-electron chi connectivity index (χ3n) is 3.72. The van der Waals surface area contributed by atoms with E-state index in [1.54, 1.807) is 7.05 Å². The Hall–Kier alpha value is -0.690. The van der Waals surface area contributed by atoms with Crippen molar-refractivity contribution < 1.29 is 13.2 Å². The SMILES string of the molecule is C#CCCC(NC)C1CCCC(C(F)(F)F)C1. The zero-order valence-electron chi connectivity index (χ0n) is 10.2. The molecule has 3 unspecified atom stereocenters. The number of halogens is 3. The van der Waals surface area contributed by atoms with E-state index >= 15 is 0 Å². The molecule has 1 aliphatic carbocycles. The third-order valence-corrected chi connectivity index (χ3v) is 3.72. The van der Waals surface area contributed by atoms with E-state index < -0.39 is 12.1 Å². The van der Waals surface area contributed by atoms with Crippen molar-refractivity contribution in [3.63, 3.8) is 0 Å². The average molecular weight is 247 g/mol. The first-order chi connectivity index (χ1) is 7.99. The zero-order valence-corrected chi connectivity index (χ0v) is 10.2. The molecule has 0 aromatic heterocycles. The summed E-state index contributed by atoms with van der Waals surface area (Å²) in [6.07, 6.45) is 4.63. The summed E-state index contributed by atoms with van der Waals surface area (Å²) in [5, 5.41) is 3.12. The maximum absolute atomic E-state index is 12.7. The average Bonchev–Trinajstić information content (AvgIpc) is 2.29. The van der Waals surface area contributed by atoms with Crippen molar-refractivity contribution in [3.05, 3.63) is 0 Å². The Morgan fingerprint density at radius 2 is 2.12 bits per heavy atom. The van der Waals surface area contributed by atoms with Crippen molar-refractivity contribution in [2.24, 2.45) is 11.8 Å². The van der Waals surface area contributed by atoms with Gasteiger partial charge >= 0.3 is 6.18 Å². The van der Waals surface area contributed by atoms with Crippen LogP contribution in [0.3, 0.4) is 0 Å². The largest absolute Gasteiger partial charge is 0.391 e. The van der Waals surface area contributed by atoms with Gasteiger partial charge in [0.15, 0.2) is 0 Å². The summed E-state index contributed by atoms with van der Waals surface area (Å²) in [6.45, 7) is 0. The molecule has 4 heteroatoms. The van der Waals surface area contributed by atoms with Gasteiger partial charge in [-0.1, -0.05) is 6.42 Å². The number of rotatable bonds is 4. The molecule has 1 fully saturated rings. The third kappa shape index (κ3) is 4.23. The van der Waals surface area contributed by atoms with Gasteiger partial charge < -0.3 is 5.32 Å². The van der Waals surface area contributed by atoms with Gasteiger partial charge in [-0.2, -0.15) is 13.2 Å². The molecule has 0 spiro atoms. The summed E-state index contributed by atoms with van der Waals surface area (Å²) >= 11 is 0. The molecule has 0 amide bonds. The van der Waals surface area contributed by atoms with Crippen LogP contribution in [0.15, 0.2) is 0 Å². The van der Waals surface area contributed by atoms with E-state index in [-0.39, 0.29) is 24.8 Å². The van der Waals surface area contributed by atoms with Crippen LogP contribution in [-0.2, 0) is 0 Å². The van der Waals surface area contributed by atoms with Crippen molar-refractivity contribution in [3.8, 4) is 12.3 Å². The smallest absolute Gasteiger partial charge is 0.317 e. The summed E-state index contributed by atoms with van der Waals surface area (Å²) in [4.78, 5) is 0. The summed E-state index contributed by atoms with van der Waals surface area (Å²) in [5.74, 6) is 1.53. The highest BCUT2D eigenvalue weighted by atomic mass is 19.4. The molecule has 0 aromatic rings. The van der Waals surface area contributed by atoms with Gasteiger partial charge in [0.1, 0.15) is 0 Å². The van der Waals surface area contributed by atoms with Gasteiger partial charge in [-0.25, -0.2) is 0 Å². The van der Waals surface area contributed by atoms with Crippen LogP contribution in [0.2, 0.25) is 0 Å². The topological polar surface area (TPSA) is 12.0 Å². The fraction of sp³-hybridized carbons (Fsp3) is 0.846. The highest BCUT2D eigenvalue weighted by Gasteiger charge is 2.43. The van der Waals surface area contributed by atoms with E-state index in [9.17, 15) is 13.2 Å². The van der Waals surface area contributed by atoms with E-state index in [0.717, 1.165) is 12.8 Å². The second kappa shape index (κ2) is 6.30. The van der Waals surface area contributed by atoms with E-state index in [1.165, 1.54) is 0 Å². The lowest BCUT2D eigenvalue weighted by Gasteiger charge is -2.35. The molecule has 1 rings (SSSR count). The van der Waals surface area contributed by atoms with Crippen molar-refractivity contribution in [2.45, 2.75) is 50.7 Å². The molecule has 1 N–H and O–H groups in total. The second-order valence-electron chi connectivity index (χ2n) is 4.80. The van der Waals surface area contributed by atoms with Crippen LogP contribution in [0.25, 0.3) is 0 Å². The molecule has 0 heterocycles. The molecule has 0 saturated heterocycles. The van der Waals surface area contributed by atoms with Gasteiger partial charge in [-0.05, 0) is 38.6 Å². The van der Waals surface area contributed by atoms with Crippen LogP contribution in [0.4, 0.5) is 13.2 Å². The van der Waals surface area contributed by atoms with Gasteiger partial charge in [0.2, 0.25) is 0 Å². The maximum Gasteiger partial charge on any atom is 0.391 e. The Balaban J connectivity index is 2.55. The van der Waals surface area contributed by atoms with E-state index in [4.69, 9.17) is 6.42 Å². The molecule has 0 bridgehead atoms. The van der Waals surface area contributed by atoms with E-state index in [2.05, 4.69) is 11.2 Å². The van der Waals surface area contributed by atoms with E-state index in [0.29, 0.717) is 12.8 Å². The monoisotopic (exact) mass is 247 g/mol. The van der Waals surface area contributed by atoms with E-state index in [1.807, 2.05) is 0 Å². The molecule has 17 heavy (non-hydrogen) atoms. The summed E-state index contributed by atoms with van der Waals surface area (Å²) in [6, 6.07) is 0.121. The predicted molar refractivity (Wildman–Crippen MR) is 62.4 cm³/mol. The first-order valence-corrected chi connectivity index (χ1v) is 6.16. The van der Waals surface area contributed by atoms with Crippen LogP contribution in [-0.4, -0.2) is 19.3 Å². The normalized spacial score (nSPS) is 27.5. The summed E-state index contributed by atoms with van der Waals surface area (Å²) in [5.41, 5.74) is 0. The first-order valence-electron chi connectivity index (χ1n) is 6.16. The van der Waals surface area contributed by atoms with Crippen LogP contribution in [0.1, 0.15) is 38.5 Å². The van der Waals surface area contributed by atoms with Crippen molar-refractivity contribution in [1.29, 1.82) is 0 Å². The molecule has 3 atom stereocenters. The molecule has 1 aliphatic rings. The van der Waals surface area contributed by atoms with Gasteiger partial charge in [0.05, 0.1) is 5.92 Å². The van der Waals surface area contributed by atoms with Crippen molar-refractivity contribution in [1.82, 2.24) is 5.32 Å². The van der Waals surface area contributed by atoms with Gasteiger partial charge in [0, 0.05) is 12.5 Å². The molecule has 1 nitrogen and oxygen atoms in total. The van der Waals surface area contributed by atoms with Crippen molar-refractivity contribution in [2.75, 3.05) is 7.05 Å². The van der Waals surface area contributed by atoms with Gasteiger partial charge in [-0.15, -0.1) is 12.3 Å². The molecule has 0 aromatic carbocycles. The van der Waals surface area contributed by atoms with Crippen LogP contribution < -0.4 is 5.32 Å². The Bertz CT molecular complexity index is 267.